The zero-order valence-corrected chi connectivity index (χ0v) is 15.9. The molecule has 2 aromatic rings. The van der Waals surface area contributed by atoms with Gasteiger partial charge in [-0.15, -0.1) is 31.3 Å². The van der Waals surface area contributed by atoms with Gasteiger partial charge in [-0.2, -0.15) is 0 Å². The molecule has 1 nitrogen and oxygen atoms in total. The number of terminal acetylenes is 2. The van der Waals surface area contributed by atoms with Crippen molar-refractivity contribution in [3.05, 3.63) is 89.0 Å². The predicted octanol–water partition coefficient (Wildman–Crippen LogP) is 5.37. The molecule has 2 unspecified atom stereocenters. The number of allylic oxidation sites excluding steroid dienone is 2. The van der Waals surface area contributed by atoms with E-state index in [-0.39, 0.29) is 5.78 Å². The SMILES string of the molecule is C#CCC1=Cc2ccccc2C1(CC=C)C1(CC#C)Cc2ccccc2C1=O. The van der Waals surface area contributed by atoms with E-state index in [1.54, 1.807) is 0 Å². The number of carbonyl (C=O) groups is 1. The lowest BCUT2D eigenvalue weighted by Gasteiger charge is -2.47. The molecule has 2 atom stereocenters. The number of ketones is 1. The highest BCUT2D eigenvalue weighted by molar-refractivity contribution is 6.07. The fraction of sp³-hybridized carbons (Fsp3) is 0.222. The van der Waals surface area contributed by atoms with Crippen molar-refractivity contribution in [2.45, 2.75) is 31.1 Å². The third kappa shape index (κ3) is 2.20. The van der Waals surface area contributed by atoms with Crippen LogP contribution in [0.2, 0.25) is 0 Å². The molecule has 0 N–H and O–H groups in total. The van der Waals surface area contributed by atoms with E-state index < -0.39 is 10.8 Å². The Labute approximate surface area is 167 Å². The second-order valence-corrected chi connectivity index (χ2v) is 7.66. The fourth-order valence-corrected chi connectivity index (χ4v) is 5.40. The van der Waals surface area contributed by atoms with E-state index in [0.29, 0.717) is 25.7 Å². The highest BCUT2D eigenvalue weighted by Crippen LogP contribution is 2.62. The van der Waals surface area contributed by atoms with Crippen molar-refractivity contribution in [3.63, 3.8) is 0 Å². The lowest BCUT2D eigenvalue weighted by atomic mass is 9.53. The van der Waals surface area contributed by atoms with Gasteiger partial charge in [0.05, 0.1) is 5.41 Å². The summed E-state index contributed by atoms with van der Waals surface area (Å²) < 4.78 is 0. The van der Waals surface area contributed by atoms with E-state index in [4.69, 9.17) is 12.8 Å². The Bertz CT molecular complexity index is 1090. The average Bonchev–Trinajstić information content (AvgIpc) is 3.17. The lowest BCUT2D eigenvalue weighted by molar-refractivity contribution is 0.0690. The summed E-state index contributed by atoms with van der Waals surface area (Å²) in [4.78, 5) is 13.9. The molecule has 0 heterocycles. The maximum atomic E-state index is 13.9. The first kappa shape index (κ1) is 18.1. The largest absolute Gasteiger partial charge is 0.293 e. The molecule has 0 amide bonds. The molecule has 0 fully saturated rings. The van der Waals surface area contributed by atoms with Crippen LogP contribution in [0.25, 0.3) is 6.08 Å². The molecule has 2 aliphatic rings. The fourth-order valence-electron chi connectivity index (χ4n) is 5.40. The van der Waals surface area contributed by atoms with Gasteiger partial charge in [-0.25, -0.2) is 0 Å². The Morgan fingerprint density at radius 1 is 1.07 bits per heavy atom. The van der Waals surface area contributed by atoms with E-state index in [2.05, 4.69) is 36.6 Å². The van der Waals surface area contributed by atoms with Crippen LogP contribution in [0, 0.1) is 30.1 Å². The summed E-state index contributed by atoms with van der Waals surface area (Å²) in [7, 11) is 0. The van der Waals surface area contributed by atoms with Crippen LogP contribution in [-0.4, -0.2) is 5.78 Å². The summed E-state index contributed by atoms with van der Waals surface area (Å²) in [6, 6.07) is 16.1. The van der Waals surface area contributed by atoms with Crippen LogP contribution in [0.3, 0.4) is 0 Å². The Morgan fingerprint density at radius 2 is 1.82 bits per heavy atom. The summed E-state index contributed by atoms with van der Waals surface area (Å²) in [5.41, 5.74) is 3.87. The van der Waals surface area contributed by atoms with Crippen molar-refractivity contribution < 1.29 is 4.79 Å². The molecule has 0 saturated heterocycles. The van der Waals surface area contributed by atoms with E-state index in [0.717, 1.165) is 27.8 Å². The first-order valence-electron chi connectivity index (χ1n) is 9.55. The third-order valence-corrected chi connectivity index (χ3v) is 6.45. The topological polar surface area (TPSA) is 17.1 Å². The highest BCUT2D eigenvalue weighted by Gasteiger charge is 2.62. The summed E-state index contributed by atoms with van der Waals surface area (Å²) in [5, 5.41) is 0. The smallest absolute Gasteiger partial charge is 0.171 e. The average molecular weight is 362 g/mol. The minimum absolute atomic E-state index is 0.127. The summed E-state index contributed by atoms with van der Waals surface area (Å²) in [6.07, 6.45) is 17.8. The van der Waals surface area contributed by atoms with Gasteiger partial charge in [0.1, 0.15) is 0 Å². The van der Waals surface area contributed by atoms with E-state index in [1.165, 1.54) is 0 Å². The maximum absolute atomic E-state index is 13.9. The van der Waals surface area contributed by atoms with Crippen LogP contribution >= 0.6 is 0 Å². The van der Waals surface area contributed by atoms with Crippen LogP contribution in [-0.2, 0) is 11.8 Å². The molecule has 0 aromatic heterocycles. The number of fused-ring (bicyclic) bond motifs is 2. The van der Waals surface area contributed by atoms with Crippen molar-refractivity contribution in [3.8, 4) is 24.7 Å². The number of hydrogen-bond donors (Lipinski definition) is 0. The van der Waals surface area contributed by atoms with E-state index in [1.807, 2.05) is 42.5 Å². The molecule has 136 valence electrons. The first-order chi connectivity index (χ1) is 13.6. The zero-order valence-electron chi connectivity index (χ0n) is 15.9. The van der Waals surface area contributed by atoms with Gasteiger partial charge < -0.3 is 0 Å². The summed E-state index contributed by atoms with van der Waals surface area (Å²) in [5.74, 6) is 5.77. The molecule has 0 spiro atoms. The Hall–Kier alpha value is -3.29. The Balaban J connectivity index is 2.05. The van der Waals surface area contributed by atoms with Gasteiger partial charge in [-0.3, -0.25) is 4.79 Å². The van der Waals surface area contributed by atoms with Gasteiger partial charge in [-0.05, 0) is 35.1 Å². The number of carbonyl (C=O) groups excluding carboxylic acids is 1. The van der Waals surface area contributed by atoms with Gasteiger partial charge in [0.15, 0.2) is 5.78 Å². The number of Topliss-reactive ketones (excluding diaryl/α,β-unsaturated/α-hetero) is 1. The van der Waals surface area contributed by atoms with Gasteiger partial charge >= 0.3 is 0 Å². The van der Waals surface area contributed by atoms with Crippen molar-refractivity contribution >= 4 is 11.9 Å². The molecule has 0 radical (unpaired) electrons. The van der Waals surface area contributed by atoms with Crippen LogP contribution in [0.1, 0.15) is 46.3 Å². The van der Waals surface area contributed by atoms with Gasteiger partial charge in [0, 0.05) is 23.8 Å². The highest BCUT2D eigenvalue weighted by atomic mass is 16.1. The monoisotopic (exact) mass is 362 g/mol. The standard InChI is InChI=1S/C27H22O/c1-4-11-22-18-20-12-8-10-15-24(20)27(22,17-6-3)26(16-5-2)19-21-13-7-9-14-23(21)25(26)28/h1-2,6-10,12-15,18H,3,11,16-17,19H2. The molecule has 4 rings (SSSR count). The van der Waals surface area contributed by atoms with Gasteiger partial charge in [-0.1, -0.05) is 60.7 Å². The number of benzene rings is 2. The van der Waals surface area contributed by atoms with Crippen molar-refractivity contribution in [1.82, 2.24) is 0 Å². The summed E-state index contributed by atoms with van der Waals surface area (Å²) in [6.45, 7) is 4.03. The van der Waals surface area contributed by atoms with Crippen LogP contribution in [0.4, 0.5) is 0 Å². The molecule has 0 aliphatic heterocycles. The van der Waals surface area contributed by atoms with Crippen LogP contribution < -0.4 is 0 Å². The Kier molecular flexibility index (Phi) is 4.33. The predicted molar refractivity (Wildman–Crippen MR) is 115 cm³/mol. The van der Waals surface area contributed by atoms with Crippen molar-refractivity contribution in [1.29, 1.82) is 0 Å². The van der Waals surface area contributed by atoms with Crippen molar-refractivity contribution in [2.75, 3.05) is 0 Å². The third-order valence-electron chi connectivity index (χ3n) is 6.45. The van der Waals surface area contributed by atoms with Gasteiger partial charge in [0.25, 0.3) is 0 Å². The zero-order chi connectivity index (χ0) is 19.8. The second-order valence-electron chi connectivity index (χ2n) is 7.66. The maximum Gasteiger partial charge on any atom is 0.171 e. The van der Waals surface area contributed by atoms with Crippen LogP contribution in [0.5, 0.6) is 0 Å². The second kappa shape index (κ2) is 6.70. The molecule has 2 aromatic carbocycles. The molecule has 0 saturated carbocycles. The molecular weight excluding hydrogens is 340 g/mol. The first-order valence-corrected chi connectivity index (χ1v) is 9.55. The minimum Gasteiger partial charge on any atom is -0.293 e. The molecule has 0 bridgehead atoms. The van der Waals surface area contributed by atoms with Crippen molar-refractivity contribution in [2.24, 2.45) is 5.41 Å². The molecule has 2 aliphatic carbocycles. The molecular formula is C27H22O. The van der Waals surface area contributed by atoms with Crippen LogP contribution in [0.15, 0.2) is 66.8 Å². The quantitative estimate of drug-likeness (QED) is 0.516. The molecule has 1 heteroatoms. The number of rotatable bonds is 5. The van der Waals surface area contributed by atoms with E-state index in [9.17, 15) is 4.79 Å². The van der Waals surface area contributed by atoms with Gasteiger partial charge in [0.2, 0.25) is 0 Å². The minimum atomic E-state index is -0.755. The summed E-state index contributed by atoms with van der Waals surface area (Å²) >= 11 is 0. The van der Waals surface area contributed by atoms with E-state index >= 15 is 0 Å². The molecule has 28 heavy (non-hydrogen) atoms. The normalized spacial score (nSPS) is 24.6. The lowest BCUT2D eigenvalue weighted by Crippen LogP contribution is -2.50. The number of hydrogen-bond acceptors (Lipinski definition) is 1. The Morgan fingerprint density at radius 3 is 2.54 bits per heavy atom.